The lowest BCUT2D eigenvalue weighted by molar-refractivity contribution is -0.151. The summed E-state index contributed by atoms with van der Waals surface area (Å²) in [6.45, 7) is 5.41. The Labute approximate surface area is 114 Å². The van der Waals surface area contributed by atoms with E-state index in [1.165, 1.54) is 7.11 Å². The number of methoxy groups -OCH3 is 1. The standard InChI is InChI=1S/C14H23NO4/c1-13(2,3)19-12(17)15-14(11(16)18-4)8-9-5-6-10(14)7-9/h9-10H,5-8H2,1-4H3,(H,15,17)/t9-,10+,14+/m1/s1. The molecule has 3 atom stereocenters. The summed E-state index contributed by atoms with van der Waals surface area (Å²) in [7, 11) is 1.37. The van der Waals surface area contributed by atoms with E-state index in [0.29, 0.717) is 12.3 Å². The van der Waals surface area contributed by atoms with Crippen molar-refractivity contribution >= 4 is 12.1 Å². The smallest absolute Gasteiger partial charge is 0.408 e. The van der Waals surface area contributed by atoms with Gasteiger partial charge in [0.1, 0.15) is 11.1 Å². The zero-order valence-corrected chi connectivity index (χ0v) is 12.1. The van der Waals surface area contributed by atoms with Gasteiger partial charge in [0.05, 0.1) is 7.11 Å². The van der Waals surface area contributed by atoms with Crippen LogP contribution in [0.4, 0.5) is 4.79 Å². The molecule has 0 unspecified atom stereocenters. The van der Waals surface area contributed by atoms with Crippen molar-refractivity contribution < 1.29 is 19.1 Å². The number of alkyl carbamates (subject to hydrolysis) is 1. The first kappa shape index (κ1) is 14.2. The minimum absolute atomic E-state index is 0.178. The molecule has 1 amide bonds. The summed E-state index contributed by atoms with van der Waals surface area (Å²) in [6, 6.07) is 0. The normalized spacial score (nSPS) is 33.1. The molecule has 5 heteroatoms. The van der Waals surface area contributed by atoms with Crippen LogP contribution in [0.5, 0.6) is 0 Å². The predicted octanol–water partition coefficient (Wildman–Crippen LogP) is 2.24. The Morgan fingerprint density at radius 2 is 1.95 bits per heavy atom. The highest BCUT2D eigenvalue weighted by Crippen LogP contribution is 2.51. The molecule has 0 heterocycles. The van der Waals surface area contributed by atoms with Crippen LogP contribution in [0.15, 0.2) is 0 Å². The Kier molecular flexibility index (Phi) is 3.49. The lowest BCUT2D eigenvalue weighted by atomic mass is 9.81. The molecule has 108 valence electrons. The van der Waals surface area contributed by atoms with Crippen LogP contribution in [0.25, 0.3) is 0 Å². The Bertz CT molecular complexity index is 387. The second kappa shape index (κ2) is 4.69. The maximum atomic E-state index is 12.1. The van der Waals surface area contributed by atoms with E-state index in [1.54, 1.807) is 20.8 Å². The van der Waals surface area contributed by atoms with Crippen LogP contribution in [0.2, 0.25) is 0 Å². The van der Waals surface area contributed by atoms with Gasteiger partial charge in [-0.1, -0.05) is 0 Å². The molecule has 2 saturated carbocycles. The van der Waals surface area contributed by atoms with Crippen LogP contribution in [-0.4, -0.2) is 30.3 Å². The van der Waals surface area contributed by atoms with Gasteiger partial charge in [0.15, 0.2) is 0 Å². The van der Waals surface area contributed by atoms with Crippen molar-refractivity contribution in [3.63, 3.8) is 0 Å². The highest BCUT2D eigenvalue weighted by Gasteiger charge is 2.57. The average Bonchev–Trinajstić information content (AvgIpc) is 2.85. The first-order chi connectivity index (χ1) is 8.77. The van der Waals surface area contributed by atoms with Gasteiger partial charge in [-0.3, -0.25) is 0 Å². The molecule has 0 aromatic carbocycles. The van der Waals surface area contributed by atoms with E-state index in [-0.39, 0.29) is 11.9 Å². The third kappa shape index (κ3) is 2.69. The van der Waals surface area contributed by atoms with Crippen LogP contribution >= 0.6 is 0 Å². The maximum Gasteiger partial charge on any atom is 0.408 e. The first-order valence-electron chi connectivity index (χ1n) is 6.86. The number of esters is 1. The van der Waals surface area contributed by atoms with Gasteiger partial charge >= 0.3 is 12.1 Å². The fourth-order valence-electron chi connectivity index (χ4n) is 3.45. The summed E-state index contributed by atoms with van der Waals surface area (Å²) in [6.07, 6.45) is 3.23. The van der Waals surface area contributed by atoms with Gasteiger partial charge < -0.3 is 14.8 Å². The van der Waals surface area contributed by atoms with Gasteiger partial charge in [0.2, 0.25) is 0 Å². The molecular formula is C14H23NO4. The number of amides is 1. The number of rotatable bonds is 2. The zero-order valence-electron chi connectivity index (χ0n) is 12.1. The Hall–Kier alpha value is -1.26. The second-order valence-electron chi connectivity index (χ2n) is 6.67. The molecular weight excluding hydrogens is 246 g/mol. The summed E-state index contributed by atoms with van der Waals surface area (Å²) in [5.74, 6) is 0.349. The Morgan fingerprint density at radius 3 is 2.37 bits per heavy atom. The van der Waals surface area contributed by atoms with Crippen LogP contribution in [0.3, 0.4) is 0 Å². The number of fused-ring (bicyclic) bond motifs is 2. The van der Waals surface area contributed by atoms with Gasteiger partial charge in [0.25, 0.3) is 0 Å². The highest BCUT2D eigenvalue weighted by molar-refractivity contribution is 5.87. The van der Waals surface area contributed by atoms with Crippen LogP contribution in [0.1, 0.15) is 46.5 Å². The van der Waals surface area contributed by atoms with Crippen LogP contribution in [-0.2, 0) is 14.3 Å². The number of hydrogen-bond donors (Lipinski definition) is 1. The molecule has 2 aliphatic carbocycles. The predicted molar refractivity (Wildman–Crippen MR) is 69.6 cm³/mol. The fraction of sp³-hybridized carbons (Fsp3) is 0.857. The maximum absolute atomic E-state index is 12.1. The van der Waals surface area contributed by atoms with Crippen molar-refractivity contribution in [3.8, 4) is 0 Å². The number of nitrogens with one attached hydrogen (secondary N) is 1. The van der Waals surface area contributed by atoms with Crippen molar-refractivity contribution in [2.24, 2.45) is 11.8 Å². The molecule has 2 bridgehead atoms. The van der Waals surface area contributed by atoms with Crippen molar-refractivity contribution in [1.82, 2.24) is 5.32 Å². The summed E-state index contributed by atoms with van der Waals surface area (Å²) < 4.78 is 10.2. The average molecular weight is 269 g/mol. The van der Waals surface area contributed by atoms with E-state index in [9.17, 15) is 9.59 Å². The molecule has 19 heavy (non-hydrogen) atoms. The highest BCUT2D eigenvalue weighted by atomic mass is 16.6. The van der Waals surface area contributed by atoms with Crippen molar-refractivity contribution in [2.75, 3.05) is 7.11 Å². The van der Waals surface area contributed by atoms with E-state index in [4.69, 9.17) is 9.47 Å². The molecule has 2 aliphatic rings. The Balaban J connectivity index is 2.12. The summed E-state index contributed by atoms with van der Waals surface area (Å²) in [5, 5.41) is 2.80. The second-order valence-corrected chi connectivity index (χ2v) is 6.67. The van der Waals surface area contributed by atoms with Crippen molar-refractivity contribution in [1.29, 1.82) is 0 Å². The minimum Gasteiger partial charge on any atom is -0.467 e. The van der Waals surface area contributed by atoms with Crippen molar-refractivity contribution in [2.45, 2.75) is 57.6 Å². The Morgan fingerprint density at radius 1 is 1.26 bits per heavy atom. The number of hydrogen-bond acceptors (Lipinski definition) is 4. The van der Waals surface area contributed by atoms with Crippen LogP contribution < -0.4 is 5.32 Å². The minimum atomic E-state index is -0.875. The largest absolute Gasteiger partial charge is 0.467 e. The first-order valence-corrected chi connectivity index (χ1v) is 6.86. The molecule has 0 spiro atoms. The molecule has 0 aromatic heterocycles. The zero-order chi connectivity index (χ0) is 14.3. The molecule has 0 aliphatic heterocycles. The van der Waals surface area contributed by atoms with Gasteiger partial charge in [0, 0.05) is 0 Å². The lowest BCUT2D eigenvalue weighted by Gasteiger charge is -2.36. The third-order valence-corrected chi connectivity index (χ3v) is 4.12. The molecule has 5 nitrogen and oxygen atoms in total. The third-order valence-electron chi connectivity index (χ3n) is 4.12. The van der Waals surface area contributed by atoms with E-state index in [1.807, 2.05) is 0 Å². The SMILES string of the molecule is COC(=O)[C@]1(NC(=O)OC(C)(C)C)C[C@@H]2CC[C@H]1C2. The molecule has 2 rings (SSSR count). The summed E-state index contributed by atoms with van der Waals surface area (Å²) in [5.41, 5.74) is -1.45. The van der Waals surface area contributed by atoms with Gasteiger partial charge in [-0.05, 0) is 58.3 Å². The molecule has 0 saturated heterocycles. The van der Waals surface area contributed by atoms with E-state index in [2.05, 4.69) is 5.32 Å². The summed E-state index contributed by atoms with van der Waals surface area (Å²) in [4.78, 5) is 24.1. The van der Waals surface area contributed by atoms with E-state index >= 15 is 0 Å². The molecule has 2 fully saturated rings. The number of carbonyl (C=O) groups excluding carboxylic acids is 2. The topological polar surface area (TPSA) is 64.6 Å². The quantitative estimate of drug-likeness (QED) is 0.781. The summed E-state index contributed by atoms with van der Waals surface area (Å²) >= 11 is 0. The number of ether oxygens (including phenoxy) is 2. The molecule has 0 radical (unpaired) electrons. The molecule has 0 aromatic rings. The monoisotopic (exact) mass is 269 g/mol. The molecule has 1 N–H and O–H groups in total. The van der Waals surface area contributed by atoms with E-state index < -0.39 is 17.2 Å². The fourth-order valence-corrected chi connectivity index (χ4v) is 3.45. The number of carbonyl (C=O) groups is 2. The van der Waals surface area contributed by atoms with E-state index in [0.717, 1.165) is 19.3 Å². The van der Waals surface area contributed by atoms with Crippen molar-refractivity contribution in [3.05, 3.63) is 0 Å². The van der Waals surface area contributed by atoms with Crippen LogP contribution in [0, 0.1) is 11.8 Å². The lowest BCUT2D eigenvalue weighted by Crippen LogP contribution is -2.59. The van der Waals surface area contributed by atoms with Gasteiger partial charge in [-0.2, -0.15) is 0 Å². The van der Waals surface area contributed by atoms with Gasteiger partial charge in [-0.25, -0.2) is 9.59 Å². The van der Waals surface area contributed by atoms with Gasteiger partial charge in [-0.15, -0.1) is 0 Å².